The number of aliphatic hydroxyl groups is 3. The van der Waals surface area contributed by atoms with Crippen LogP contribution in [-0.4, -0.2) is 68.6 Å². The predicted molar refractivity (Wildman–Crippen MR) is 123 cm³/mol. The van der Waals surface area contributed by atoms with Crippen molar-refractivity contribution in [2.24, 2.45) is 7.05 Å². The molecule has 14 heteroatoms. The number of nitrogens with zero attached hydrogens (tertiary/aromatic N) is 4. The number of nitrogens with two attached hydrogens (primary N) is 1. The highest BCUT2D eigenvalue weighted by Crippen LogP contribution is 2.60. The Bertz CT molecular complexity index is 1150. The van der Waals surface area contributed by atoms with Gasteiger partial charge in [-0.15, -0.1) is 0 Å². The highest BCUT2D eigenvalue weighted by molar-refractivity contribution is 7.54. The number of nitrogen functional groups attached to an aromatic ring is 1. The minimum absolute atomic E-state index is 0.0176. The van der Waals surface area contributed by atoms with E-state index in [9.17, 15) is 29.6 Å². The molecule has 0 spiro atoms. The van der Waals surface area contributed by atoms with Crippen LogP contribution < -0.4 is 11.3 Å². The summed E-state index contributed by atoms with van der Waals surface area (Å²) in [7, 11) is -3.02. The zero-order chi connectivity index (χ0) is 25.6. The van der Waals surface area contributed by atoms with Crippen LogP contribution in [0.5, 0.6) is 0 Å². The van der Waals surface area contributed by atoms with Crippen molar-refractivity contribution in [3.05, 3.63) is 16.7 Å². The molecule has 6 N–H and O–H groups in total. The maximum Gasteiger partial charge on any atom is 0.359 e. The minimum atomic E-state index is -4.48. The summed E-state index contributed by atoms with van der Waals surface area (Å²) >= 11 is 0. The van der Waals surface area contributed by atoms with Crippen LogP contribution in [0, 0.1) is 0 Å². The molecule has 0 aromatic carbocycles. The van der Waals surface area contributed by atoms with Gasteiger partial charge in [-0.1, -0.05) is 20.8 Å². The number of rotatable bonds is 9. The van der Waals surface area contributed by atoms with Gasteiger partial charge in [-0.05, 0) is 26.2 Å². The van der Waals surface area contributed by atoms with Crippen LogP contribution in [0.4, 0.5) is 5.95 Å². The van der Waals surface area contributed by atoms with Crippen LogP contribution in [-0.2, 0) is 20.9 Å². The largest absolute Gasteiger partial charge is 0.388 e. The molecule has 1 saturated heterocycles. The first-order valence-corrected chi connectivity index (χ1v) is 12.8. The van der Waals surface area contributed by atoms with Crippen molar-refractivity contribution in [1.82, 2.24) is 19.1 Å². The molecule has 13 nitrogen and oxygen atoms in total. The van der Waals surface area contributed by atoms with Crippen LogP contribution in [0.1, 0.15) is 59.6 Å². The van der Waals surface area contributed by atoms with Crippen molar-refractivity contribution in [3.8, 4) is 0 Å². The first-order chi connectivity index (χ1) is 15.7. The lowest BCUT2D eigenvalue weighted by molar-refractivity contribution is -0.0696. The molecule has 2 aromatic heterocycles. The molecule has 2 aromatic rings. The van der Waals surface area contributed by atoms with Crippen molar-refractivity contribution in [2.75, 3.05) is 5.73 Å². The molecule has 0 bridgehead atoms. The molecule has 0 radical (unpaired) electrons. The molecule has 3 rings (SSSR count). The fourth-order valence-electron chi connectivity index (χ4n) is 4.08. The van der Waals surface area contributed by atoms with Crippen LogP contribution in [0.2, 0.25) is 0 Å². The molecule has 0 saturated carbocycles. The monoisotopic (exact) mass is 503 g/mol. The van der Waals surface area contributed by atoms with E-state index in [1.807, 2.05) is 0 Å². The van der Waals surface area contributed by atoms with E-state index in [0.717, 1.165) is 4.57 Å². The molecule has 1 fully saturated rings. The maximum atomic E-state index is 12.9. The number of ether oxygens (including phenoxy) is 1. The second-order valence-corrected chi connectivity index (χ2v) is 11.1. The Morgan fingerprint density at radius 1 is 1.24 bits per heavy atom. The number of anilines is 1. The number of aliphatic hydroxyl groups excluding tert-OH is 2. The summed E-state index contributed by atoms with van der Waals surface area (Å²) in [5.74, 6) is -0.0613. The second-order valence-electron chi connectivity index (χ2n) is 9.01. The lowest BCUT2D eigenvalue weighted by Crippen LogP contribution is -2.40. The Labute approximate surface area is 196 Å². The van der Waals surface area contributed by atoms with Gasteiger partial charge in [-0.3, -0.25) is 18.5 Å². The molecule has 0 aliphatic carbocycles. The molecule has 34 heavy (non-hydrogen) atoms. The lowest BCUT2D eigenvalue weighted by atomic mass is 9.93. The third-order valence-corrected chi connectivity index (χ3v) is 9.21. The molecule has 1 aliphatic heterocycles. The van der Waals surface area contributed by atoms with Gasteiger partial charge in [0.1, 0.15) is 12.2 Å². The Kier molecular flexibility index (Phi) is 7.32. The molecule has 192 valence electrons. The van der Waals surface area contributed by atoms with Crippen molar-refractivity contribution in [2.45, 2.75) is 88.9 Å². The van der Waals surface area contributed by atoms with Gasteiger partial charge in [-0.2, -0.15) is 4.98 Å². The van der Waals surface area contributed by atoms with E-state index in [2.05, 4.69) is 9.97 Å². The Morgan fingerprint density at radius 3 is 2.41 bits per heavy atom. The van der Waals surface area contributed by atoms with Crippen molar-refractivity contribution in [3.63, 3.8) is 0 Å². The highest BCUT2D eigenvalue weighted by Gasteiger charge is 2.51. The summed E-state index contributed by atoms with van der Waals surface area (Å²) in [5.41, 5.74) is 4.16. The molecule has 3 heterocycles. The SMILES string of the molecule is CCC(O)(CC)P(=O)(O)O[C@](C)(CC)CC1O[C@@H](n2cnc3c(=O)n(C)c(N)nc32)[C@H](O)C1O. The summed E-state index contributed by atoms with van der Waals surface area (Å²) in [6.07, 6.45) is -3.44. The Hall–Kier alpha value is -1.86. The number of fused-ring (bicyclic) bond motifs is 1. The van der Waals surface area contributed by atoms with E-state index in [0.29, 0.717) is 0 Å². The number of aromatic nitrogens is 4. The first kappa shape index (κ1) is 26.7. The van der Waals surface area contributed by atoms with Gasteiger partial charge in [0.25, 0.3) is 5.56 Å². The highest BCUT2D eigenvalue weighted by atomic mass is 31.2. The number of imidazole rings is 1. The van der Waals surface area contributed by atoms with Gasteiger partial charge in [0.15, 0.2) is 22.7 Å². The molecule has 1 aliphatic rings. The van der Waals surface area contributed by atoms with Crippen molar-refractivity contribution < 1.29 is 34.0 Å². The fourth-order valence-corrected chi connectivity index (χ4v) is 5.85. The van der Waals surface area contributed by atoms with E-state index in [1.54, 1.807) is 27.7 Å². The smallest absolute Gasteiger partial charge is 0.359 e. The summed E-state index contributed by atoms with van der Waals surface area (Å²) in [4.78, 5) is 31.2. The van der Waals surface area contributed by atoms with E-state index in [1.165, 1.54) is 17.9 Å². The standard InChI is InChI=1S/C20H34N5O8P/c1-6-19(4,33-34(30,31)20(29,7-2)8-3)9-11-13(26)14(27)17(32-11)25-10-22-12-15(25)23-18(21)24(5)16(12)28/h10-11,13-14,17,26-27,29H,6-9H2,1-5H3,(H2,21,23)(H,30,31)/t11?,13?,14-,17-,19-/m1/s1. The lowest BCUT2D eigenvalue weighted by Gasteiger charge is -2.38. The normalized spacial score (nSPS) is 27.1. The van der Waals surface area contributed by atoms with Crippen molar-refractivity contribution in [1.29, 1.82) is 0 Å². The molecular weight excluding hydrogens is 469 g/mol. The molecular formula is C20H34N5O8P. The molecule has 0 amide bonds. The quantitative estimate of drug-likeness (QED) is 0.301. The van der Waals surface area contributed by atoms with Gasteiger partial charge >= 0.3 is 7.60 Å². The zero-order valence-electron chi connectivity index (χ0n) is 20.0. The first-order valence-electron chi connectivity index (χ1n) is 11.2. The Balaban J connectivity index is 1.88. The predicted octanol–water partition coefficient (Wildman–Crippen LogP) is 0.601. The minimum Gasteiger partial charge on any atom is -0.388 e. The summed E-state index contributed by atoms with van der Waals surface area (Å²) in [6.45, 7) is 6.49. The van der Waals surface area contributed by atoms with Crippen LogP contribution in [0.3, 0.4) is 0 Å². The van der Waals surface area contributed by atoms with Gasteiger partial charge in [0.2, 0.25) is 5.95 Å². The summed E-state index contributed by atoms with van der Waals surface area (Å²) < 4.78 is 26.9. The second kappa shape index (κ2) is 9.30. The van der Waals surface area contributed by atoms with Crippen molar-refractivity contribution >= 4 is 24.7 Å². The van der Waals surface area contributed by atoms with Gasteiger partial charge < -0.3 is 35.2 Å². The van der Waals surface area contributed by atoms with E-state index >= 15 is 0 Å². The van der Waals surface area contributed by atoms with Crippen LogP contribution in [0.25, 0.3) is 11.2 Å². The third-order valence-electron chi connectivity index (χ3n) is 6.83. The van der Waals surface area contributed by atoms with E-state index < -0.39 is 48.6 Å². The number of hydrogen-bond donors (Lipinski definition) is 5. The third kappa shape index (κ3) is 4.41. The fraction of sp³-hybridized carbons (Fsp3) is 0.750. The van der Waals surface area contributed by atoms with Gasteiger partial charge in [-0.25, -0.2) is 4.98 Å². The average Bonchev–Trinajstić information content (AvgIpc) is 3.32. The zero-order valence-corrected chi connectivity index (χ0v) is 20.8. The van der Waals surface area contributed by atoms with E-state index in [4.69, 9.17) is 15.0 Å². The average molecular weight is 503 g/mol. The van der Waals surface area contributed by atoms with Crippen LogP contribution >= 0.6 is 7.60 Å². The summed E-state index contributed by atoms with van der Waals surface area (Å²) in [6, 6.07) is 0. The molecule has 3 unspecified atom stereocenters. The molecule has 6 atom stereocenters. The maximum absolute atomic E-state index is 12.9. The Morgan fingerprint density at radius 2 is 1.85 bits per heavy atom. The van der Waals surface area contributed by atoms with Crippen LogP contribution in [0.15, 0.2) is 11.1 Å². The van der Waals surface area contributed by atoms with E-state index in [-0.39, 0.29) is 42.8 Å². The van der Waals surface area contributed by atoms with Gasteiger partial charge in [0.05, 0.1) is 18.0 Å². The topological polar surface area (TPSA) is 195 Å². The number of hydrogen-bond acceptors (Lipinski definition) is 10. The summed E-state index contributed by atoms with van der Waals surface area (Å²) in [5, 5.41) is 30.1. The van der Waals surface area contributed by atoms with Gasteiger partial charge in [0, 0.05) is 13.5 Å².